The highest BCUT2D eigenvalue weighted by atomic mass is 35.5. The van der Waals surface area contributed by atoms with Gasteiger partial charge in [0.25, 0.3) is 5.91 Å². The third-order valence-electron chi connectivity index (χ3n) is 7.65. The summed E-state index contributed by atoms with van der Waals surface area (Å²) in [7, 11) is -3.85. The van der Waals surface area contributed by atoms with E-state index in [0.717, 1.165) is 25.9 Å². The van der Waals surface area contributed by atoms with Crippen LogP contribution in [0.1, 0.15) is 36.0 Å². The van der Waals surface area contributed by atoms with Crippen molar-refractivity contribution in [1.82, 2.24) is 4.90 Å². The summed E-state index contributed by atoms with van der Waals surface area (Å²) in [5.41, 5.74) is -0.346. The molecule has 11 heteroatoms. The molecular formula is C25H26ClF3N2O4S. The summed E-state index contributed by atoms with van der Waals surface area (Å²) in [4.78, 5) is 15.0. The van der Waals surface area contributed by atoms with Crippen molar-refractivity contribution in [3.8, 4) is 0 Å². The molecule has 1 N–H and O–H groups in total. The van der Waals surface area contributed by atoms with Crippen LogP contribution in [0, 0.1) is 29.3 Å². The first-order chi connectivity index (χ1) is 17.1. The van der Waals surface area contributed by atoms with Crippen molar-refractivity contribution >= 4 is 33.0 Å². The van der Waals surface area contributed by atoms with Gasteiger partial charge in [-0.15, -0.1) is 0 Å². The molecule has 1 aliphatic heterocycles. The summed E-state index contributed by atoms with van der Waals surface area (Å²) in [6.07, 6.45) is 3.03. The van der Waals surface area contributed by atoms with Gasteiger partial charge in [-0.3, -0.25) is 9.69 Å². The molecule has 2 aromatic rings. The van der Waals surface area contributed by atoms with Gasteiger partial charge < -0.3 is 10.1 Å². The van der Waals surface area contributed by atoms with Crippen LogP contribution in [-0.2, 0) is 14.6 Å². The Hall–Kier alpha value is -2.14. The maximum atomic E-state index is 13.7. The smallest absolute Gasteiger partial charge is 0.255 e. The number of nitrogens with one attached hydrogen (secondary N) is 1. The van der Waals surface area contributed by atoms with Crippen molar-refractivity contribution in [1.29, 1.82) is 0 Å². The van der Waals surface area contributed by atoms with Gasteiger partial charge in [0.15, 0.2) is 27.3 Å². The van der Waals surface area contributed by atoms with Gasteiger partial charge in [-0.05, 0) is 55.7 Å². The van der Waals surface area contributed by atoms with Gasteiger partial charge in [0.1, 0.15) is 0 Å². The van der Waals surface area contributed by atoms with Gasteiger partial charge in [0, 0.05) is 42.5 Å². The van der Waals surface area contributed by atoms with Gasteiger partial charge in [0.2, 0.25) is 0 Å². The lowest BCUT2D eigenvalue weighted by Crippen LogP contribution is -2.51. The minimum Gasteiger partial charge on any atom is -0.379 e. The maximum Gasteiger partial charge on any atom is 0.255 e. The lowest BCUT2D eigenvalue weighted by atomic mass is 9.82. The molecule has 6 nitrogen and oxygen atoms in total. The standard InChI is InChI=1S/C25H26ClF3N2O4S/c26-19-4-3-16(25(32)30-17-12-20(27)23(29)21(28)13-17)11-22(19)36(33,34)18-9-14-1-2-15(10-18)24(14)31-5-7-35-8-6-31/h3-4,11-15,18,24H,1-2,5-10H2,(H,30,32)/t14-,15?,18-,24+/m0/s1. The largest absolute Gasteiger partial charge is 0.379 e. The quantitative estimate of drug-likeness (QED) is 0.556. The Bertz CT molecular complexity index is 1250. The van der Waals surface area contributed by atoms with E-state index in [0.29, 0.717) is 44.2 Å². The van der Waals surface area contributed by atoms with Gasteiger partial charge >= 0.3 is 0 Å². The van der Waals surface area contributed by atoms with E-state index < -0.39 is 38.4 Å². The molecule has 194 valence electrons. The van der Waals surface area contributed by atoms with Crippen LogP contribution in [0.3, 0.4) is 0 Å². The number of morpholine rings is 1. The Kier molecular flexibility index (Phi) is 7.06. The van der Waals surface area contributed by atoms with Gasteiger partial charge in [-0.2, -0.15) is 0 Å². The summed E-state index contributed by atoms with van der Waals surface area (Å²) in [5, 5.41) is 1.67. The molecule has 4 atom stereocenters. The molecule has 3 fully saturated rings. The number of carbonyl (C=O) groups is 1. The van der Waals surface area contributed by atoms with Crippen LogP contribution in [0.15, 0.2) is 35.2 Å². The van der Waals surface area contributed by atoms with Crippen molar-refractivity contribution < 1.29 is 31.1 Å². The Balaban J connectivity index is 1.36. The van der Waals surface area contributed by atoms with Crippen LogP contribution >= 0.6 is 11.6 Å². The number of sulfone groups is 1. The number of nitrogens with zero attached hydrogens (tertiary/aromatic N) is 1. The summed E-state index contributed by atoms with van der Waals surface area (Å²) in [6.45, 7) is 3.11. The number of amides is 1. The number of hydrogen-bond acceptors (Lipinski definition) is 5. The summed E-state index contributed by atoms with van der Waals surface area (Å²) in [5.74, 6) is -4.81. The average Bonchev–Trinajstić information content (AvgIpc) is 3.11. The lowest BCUT2D eigenvalue weighted by molar-refractivity contribution is -0.0106. The van der Waals surface area contributed by atoms with E-state index in [-0.39, 0.29) is 33.0 Å². The van der Waals surface area contributed by atoms with Crippen molar-refractivity contribution in [2.75, 3.05) is 31.6 Å². The summed E-state index contributed by atoms with van der Waals surface area (Å²) < 4.78 is 73.1. The molecule has 2 aromatic carbocycles. The maximum absolute atomic E-state index is 13.7. The van der Waals surface area contributed by atoms with Crippen LogP contribution in [0.2, 0.25) is 5.02 Å². The van der Waals surface area contributed by atoms with E-state index in [1.54, 1.807) is 0 Å². The van der Waals surface area contributed by atoms with E-state index in [4.69, 9.17) is 16.3 Å². The van der Waals surface area contributed by atoms with Gasteiger partial charge in [-0.25, -0.2) is 21.6 Å². The fourth-order valence-electron chi connectivity index (χ4n) is 6.04. The van der Waals surface area contributed by atoms with Crippen LogP contribution in [0.4, 0.5) is 18.9 Å². The number of fused-ring (bicyclic) bond motifs is 2. The topological polar surface area (TPSA) is 75.7 Å². The average molecular weight is 543 g/mol. The van der Waals surface area contributed by atoms with Crippen LogP contribution in [-0.4, -0.2) is 56.8 Å². The molecule has 2 bridgehead atoms. The van der Waals surface area contributed by atoms with Crippen LogP contribution in [0.5, 0.6) is 0 Å². The minimum atomic E-state index is -3.85. The van der Waals surface area contributed by atoms with Crippen molar-refractivity contribution in [2.45, 2.75) is 41.9 Å². The van der Waals surface area contributed by atoms with E-state index in [9.17, 15) is 26.4 Å². The predicted octanol–water partition coefficient (Wildman–Crippen LogP) is 4.67. The monoisotopic (exact) mass is 542 g/mol. The zero-order valence-corrected chi connectivity index (χ0v) is 20.9. The number of hydrogen-bond donors (Lipinski definition) is 1. The highest BCUT2D eigenvalue weighted by Crippen LogP contribution is 2.48. The normalized spacial score (nSPS) is 26.7. The zero-order chi connectivity index (χ0) is 25.6. The van der Waals surface area contributed by atoms with Crippen molar-refractivity contribution in [2.24, 2.45) is 11.8 Å². The highest BCUT2D eigenvalue weighted by Gasteiger charge is 2.49. The van der Waals surface area contributed by atoms with Crippen molar-refractivity contribution in [3.05, 3.63) is 58.4 Å². The second-order valence-corrected chi connectivity index (χ2v) is 12.3. The molecule has 1 amide bonds. The van der Waals surface area contributed by atoms with E-state index in [1.807, 2.05) is 0 Å². The van der Waals surface area contributed by atoms with Gasteiger partial charge in [-0.1, -0.05) is 11.6 Å². The third-order valence-corrected chi connectivity index (χ3v) is 10.3. The number of ether oxygens (including phenoxy) is 1. The first-order valence-corrected chi connectivity index (χ1v) is 13.9. The Morgan fingerprint density at radius 3 is 2.22 bits per heavy atom. The van der Waals surface area contributed by atoms with Gasteiger partial charge in [0.05, 0.1) is 28.4 Å². The van der Waals surface area contributed by atoms with E-state index >= 15 is 0 Å². The van der Waals surface area contributed by atoms with Crippen LogP contribution in [0.25, 0.3) is 0 Å². The predicted molar refractivity (Wildman–Crippen MR) is 128 cm³/mol. The molecule has 5 rings (SSSR count). The number of anilines is 1. The molecule has 2 aliphatic carbocycles. The molecule has 1 unspecified atom stereocenters. The second kappa shape index (κ2) is 9.96. The van der Waals surface area contributed by atoms with E-state index in [1.165, 1.54) is 18.2 Å². The number of halogens is 4. The molecule has 3 aliphatic rings. The molecule has 1 heterocycles. The molecule has 0 aromatic heterocycles. The number of carbonyl (C=O) groups excluding carboxylic acids is 1. The third kappa shape index (κ3) is 4.76. The molecular weight excluding hydrogens is 517 g/mol. The molecule has 36 heavy (non-hydrogen) atoms. The molecule has 0 radical (unpaired) electrons. The van der Waals surface area contributed by atoms with Crippen molar-refractivity contribution in [3.63, 3.8) is 0 Å². The number of rotatable bonds is 5. The fraction of sp³-hybridized carbons (Fsp3) is 0.480. The number of benzene rings is 2. The first kappa shape index (κ1) is 25.5. The SMILES string of the molecule is O=C(Nc1cc(F)c(F)c(F)c1)c1ccc(Cl)c(S(=O)(=O)[C@@H]2CC3CC[C@@H](C2)[C@H]3N2CCOCC2)c1. The first-order valence-electron chi connectivity index (χ1n) is 12.0. The fourth-order valence-corrected chi connectivity index (χ4v) is 8.47. The Morgan fingerprint density at radius 2 is 1.61 bits per heavy atom. The Labute approximate surface area is 212 Å². The molecule has 0 spiro atoms. The highest BCUT2D eigenvalue weighted by molar-refractivity contribution is 7.92. The molecule has 1 saturated heterocycles. The second-order valence-electron chi connectivity index (χ2n) is 9.73. The van der Waals surface area contributed by atoms with E-state index in [2.05, 4.69) is 10.2 Å². The van der Waals surface area contributed by atoms with Crippen LogP contribution < -0.4 is 5.32 Å². The Morgan fingerprint density at radius 1 is 1.00 bits per heavy atom. The lowest BCUT2D eigenvalue weighted by Gasteiger charge is -2.43. The summed E-state index contributed by atoms with van der Waals surface area (Å²) in [6, 6.07) is 5.50. The molecule has 2 saturated carbocycles. The minimum absolute atomic E-state index is 0.00747. The zero-order valence-electron chi connectivity index (χ0n) is 19.4. The summed E-state index contributed by atoms with van der Waals surface area (Å²) >= 11 is 6.29.